The molecule has 0 aromatic rings. The highest BCUT2D eigenvalue weighted by molar-refractivity contribution is 6.77. The fourth-order valence-corrected chi connectivity index (χ4v) is 9.85. The van der Waals surface area contributed by atoms with Crippen LogP contribution in [0.15, 0.2) is 48.0 Å². The van der Waals surface area contributed by atoms with Crippen molar-refractivity contribution in [2.24, 2.45) is 0 Å². The van der Waals surface area contributed by atoms with Crippen molar-refractivity contribution >= 4 is 8.32 Å². The molecule has 4 heteroatoms. The Labute approximate surface area is 193 Å². The van der Waals surface area contributed by atoms with Crippen molar-refractivity contribution in [3.8, 4) is 0 Å². The summed E-state index contributed by atoms with van der Waals surface area (Å²) >= 11 is 0. The third-order valence-electron chi connectivity index (χ3n) is 6.73. The number of allylic oxidation sites excluding steroid dienone is 5. The normalized spacial score (nSPS) is 19.6. The SMILES string of the molecule is C=C(/C=C\C(=C\O[Si](C(C)C)(C(C)C)C(C)C)OC)CC/C=C(\C)CC[C@@H]1OC1(C)C. The number of ether oxygens (including phenoxy) is 2. The maximum Gasteiger partial charge on any atom is 0.258 e. The maximum atomic E-state index is 6.53. The molecule has 178 valence electrons. The second-order valence-corrected chi connectivity index (χ2v) is 15.9. The summed E-state index contributed by atoms with van der Waals surface area (Å²) in [5.74, 6) is 0.749. The van der Waals surface area contributed by atoms with Gasteiger partial charge in [0.1, 0.15) is 6.26 Å². The van der Waals surface area contributed by atoms with E-state index in [0.717, 1.165) is 37.0 Å². The molecule has 1 atom stereocenters. The summed E-state index contributed by atoms with van der Waals surface area (Å²) in [6.07, 6.45) is 12.8. The van der Waals surface area contributed by atoms with Gasteiger partial charge in [0.25, 0.3) is 8.32 Å². The Balaban J connectivity index is 2.58. The molecule has 0 spiro atoms. The average molecular weight is 449 g/mol. The molecule has 1 heterocycles. The Morgan fingerprint density at radius 3 is 2.03 bits per heavy atom. The van der Waals surface area contributed by atoms with E-state index < -0.39 is 8.32 Å². The molecule has 1 saturated heterocycles. The molecule has 3 nitrogen and oxygen atoms in total. The zero-order valence-electron chi connectivity index (χ0n) is 21.9. The van der Waals surface area contributed by atoms with E-state index in [1.54, 1.807) is 7.11 Å². The van der Waals surface area contributed by atoms with Crippen LogP contribution in [0.5, 0.6) is 0 Å². The van der Waals surface area contributed by atoms with Crippen molar-refractivity contribution in [3.63, 3.8) is 0 Å². The summed E-state index contributed by atoms with van der Waals surface area (Å²) in [6, 6.07) is 0. The van der Waals surface area contributed by atoms with Crippen molar-refractivity contribution in [2.75, 3.05) is 7.11 Å². The quantitative estimate of drug-likeness (QED) is 0.0877. The fraction of sp³-hybridized carbons (Fsp3) is 0.704. The van der Waals surface area contributed by atoms with E-state index in [1.807, 2.05) is 18.4 Å². The fourth-order valence-electron chi connectivity index (χ4n) is 4.71. The van der Waals surface area contributed by atoms with Crippen molar-refractivity contribution in [2.45, 2.75) is 116 Å². The van der Waals surface area contributed by atoms with E-state index in [2.05, 4.69) is 75.0 Å². The Kier molecular flexibility index (Phi) is 10.8. The highest BCUT2D eigenvalue weighted by Gasteiger charge is 2.47. The molecule has 0 amide bonds. The Morgan fingerprint density at radius 1 is 1.03 bits per heavy atom. The van der Waals surface area contributed by atoms with Gasteiger partial charge in [-0.15, -0.1) is 0 Å². The molecule has 0 aromatic heterocycles. The zero-order chi connectivity index (χ0) is 23.8. The summed E-state index contributed by atoms with van der Waals surface area (Å²) in [6.45, 7) is 24.5. The van der Waals surface area contributed by atoms with Gasteiger partial charge in [0, 0.05) is 0 Å². The van der Waals surface area contributed by atoms with Gasteiger partial charge in [-0.2, -0.15) is 0 Å². The summed E-state index contributed by atoms with van der Waals surface area (Å²) in [4.78, 5) is 0. The summed E-state index contributed by atoms with van der Waals surface area (Å²) < 4.78 is 17.8. The predicted molar refractivity (Wildman–Crippen MR) is 137 cm³/mol. The first-order valence-electron chi connectivity index (χ1n) is 12.0. The van der Waals surface area contributed by atoms with Crippen molar-refractivity contribution < 1.29 is 13.9 Å². The van der Waals surface area contributed by atoms with E-state index in [4.69, 9.17) is 13.9 Å². The van der Waals surface area contributed by atoms with Gasteiger partial charge < -0.3 is 13.9 Å². The number of hydrogen-bond acceptors (Lipinski definition) is 3. The van der Waals surface area contributed by atoms with E-state index in [-0.39, 0.29) is 5.60 Å². The van der Waals surface area contributed by atoms with Gasteiger partial charge in [-0.1, -0.05) is 71.4 Å². The van der Waals surface area contributed by atoms with Crippen molar-refractivity contribution in [1.29, 1.82) is 0 Å². The van der Waals surface area contributed by atoms with Crippen LogP contribution in [-0.2, 0) is 13.9 Å². The molecule has 0 N–H and O–H groups in total. The van der Waals surface area contributed by atoms with Gasteiger partial charge >= 0.3 is 0 Å². The standard InChI is InChI=1S/C27H48O3Si/c1-20(2)31(21(3)4,22(5)6)29-19-25(28-11)17-15-23(7)13-12-14-24(8)16-18-26-27(9,10)30-26/h14-15,17,19-22,26H,7,12-13,16,18H2,1-6,8-11H3/b17-15-,24-14+,25-19-/t26-/m0/s1. The lowest BCUT2D eigenvalue weighted by atomic mass is 10.0. The number of hydrogen-bond donors (Lipinski definition) is 0. The lowest BCUT2D eigenvalue weighted by Gasteiger charge is -2.41. The minimum absolute atomic E-state index is 0.0946. The lowest BCUT2D eigenvalue weighted by Crippen LogP contribution is -2.46. The predicted octanol–water partition coefficient (Wildman–Crippen LogP) is 8.46. The molecule has 31 heavy (non-hydrogen) atoms. The number of epoxide rings is 1. The highest BCUT2D eigenvalue weighted by atomic mass is 28.4. The molecule has 0 aromatic carbocycles. The van der Waals surface area contributed by atoms with Gasteiger partial charge in [-0.3, -0.25) is 0 Å². The van der Waals surface area contributed by atoms with Crippen LogP contribution in [-0.4, -0.2) is 27.1 Å². The molecule has 1 aliphatic heterocycles. The van der Waals surface area contributed by atoms with Crippen LogP contribution in [0.25, 0.3) is 0 Å². The van der Waals surface area contributed by atoms with E-state index in [9.17, 15) is 0 Å². The summed E-state index contributed by atoms with van der Waals surface area (Å²) in [7, 11) is -0.250. The van der Waals surface area contributed by atoms with E-state index in [1.165, 1.54) is 5.57 Å². The molecule has 0 unspecified atom stereocenters. The van der Waals surface area contributed by atoms with Crippen LogP contribution in [0.2, 0.25) is 16.6 Å². The minimum atomic E-state index is -1.95. The smallest absolute Gasteiger partial charge is 0.258 e. The van der Waals surface area contributed by atoms with Gasteiger partial charge in [0.15, 0.2) is 5.76 Å². The van der Waals surface area contributed by atoms with Gasteiger partial charge in [-0.05, 0) is 69.2 Å². The molecular weight excluding hydrogens is 400 g/mol. The second-order valence-electron chi connectivity index (χ2n) is 10.5. The third kappa shape index (κ3) is 8.30. The van der Waals surface area contributed by atoms with Crippen LogP contribution >= 0.6 is 0 Å². The molecular formula is C27H48O3Si. The molecule has 1 aliphatic rings. The second kappa shape index (κ2) is 12.1. The molecule has 0 radical (unpaired) electrons. The lowest BCUT2D eigenvalue weighted by molar-refractivity contribution is 0.283. The molecule has 0 saturated carbocycles. The molecule has 1 fully saturated rings. The van der Waals surface area contributed by atoms with Crippen LogP contribution in [0.4, 0.5) is 0 Å². The Bertz CT molecular complexity index is 646. The highest BCUT2D eigenvalue weighted by Crippen LogP contribution is 2.42. The van der Waals surface area contributed by atoms with Crippen molar-refractivity contribution in [3.05, 3.63) is 48.0 Å². The molecule has 0 bridgehead atoms. The maximum absolute atomic E-state index is 6.53. The first kappa shape index (κ1) is 27.8. The summed E-state index contributed by atoms with van der Waals surface area (Å²) in [5.41, 5.74) is 4.23. The van der Waals surface area contributed by atoms with Crippen molar-refractivity contribution in [1.82, 2.24) is 0 Å². The zero-order valence-corrected chi connectivity index (χ0v) is 22.9. The van der Waals surface area contributed by atoms with Crippen LogP contribution < -0.4 is 0 Å². The minimum Gasteiger partial charge on any atom is -0.545 e. The largest absolute Gasteiger partial charge is 0.545 e. The number of rotatable bonds is 14. The first-order valence-corrected chi connectivity index (χ1v) is 14.1. The molecule has 0 aliphatic carbocycles. The van der Waals surface area contributed by atoms with Crippen LogP contribution in [0, 0.1) is 0 Å². The third-order valence-corrected chi connectivity index (χ3v) is 12.7. The van der Waals surface area contributed by atoms with Gasteiger partial charge in [0.2, 0.25) is 0 Å². The monoisotopic (exact) mass is 448 g/mol. The number of methoxy groups -OCH3 is 1. The Hall–Kier alpha value is -1.26. The van der Waals surface area contributed by atoms with E-state index in [0.29, 0.717) is 22.7 Å². The first-order chi connectivity index (χ1) is 14.4. The van der Waals surface area contributed by atoms with Gasteiger partial charge in [0.05, 0.1) is 18.8 Å². The van der Waals surface area contributed by atoms with Crippen LogP contribution in [0.1, 0.15) is 88.0 Å². The van der Waals surface area contributed by atoms with Crippen LogP contribution in [0.3, 0.4) is 0 Å². The molecule has 1 rings (SSSR count). The summed E-state index contributed by atoms with van der Waals surface area (Å²) in [5, 5.41) is 0. The van der Waals surface area contributed by atoms with Gasteiger partial charge in [-0.25, -0.2) is 0 Å². The average Bonchev–Trinajstić information content (AvgIpc) is 3.28. The Morgan fingerprint density at radius 2 is 1.58 bits per heavy atom. The van der Waals surface area contributed by atoms with E-state index >= 15 is 0 Å². The topological polar surface area (TPSA) is 31.0 Å².